The van der Waals surface area contributed by atoms with Crippen molar-refractivity contribution in [3.05, 3.63) is 95.3 Å². The topological polar surface area (TPSA) is 42.2 Å². The molecule has 0 atom stereocenters. The van der Waals surface area contributed by atoms with Gasteiger partial charge in [0.1, 0.15) is 5.82 Å². The zero-order valence-electron chi connectivity index (χ0n) is 15.6. The summed E-state index contributed by atoms with van der Waals surface area (Å²) in [6, 6.07) is 19.6. The summed E-state index contributed by atoms with van der Waals surface area (Å²) in [6.07, 6.45) is 6.38. The molecule has 4 aromatic rings. The molecule has 4 heteroatoms. The van der Waals surface area contributed by atoms with Crippen molar-refractivity contribution in [1.82, 2.24) is 4.57 Å². The molecule has 0 bridgehead atoms. The Morgan fingerprint density at radius 3 is 2.62 bits per heavy atom. The number of aryl methyl sites for hydroxylation is 1. The number of hydrogen-bond acceptors (Lipinski definition) is 1. The first kappa shape index (κ1) is 17.4. The summed E-state index contributed by atoms with van der Waals surface area (Å²) in [7, 11) is 0. The van der Waals surface area contributed by atoms with Gasteiger partial charge in [-0.25, -0.2) is 9.18 Å². The van der Waals surface area contributed by atoms with E-state index in [1.54, 1.807) is 30.3 Å². The molecule has 5 rings (SSSR count). The van der Waals surface area contributed by atoms with Crippen LogP contribution in [0.1, 0.15) is 27.9 Å². The number of fused-ring (bicyclic) bond motifs is 3. The van der Waals surface area contributed by atoms with Crippen molar-refractivity contribution in [3.63, 3.8) is 0 Å². The molecule has 1 aromatic heterocycles. The second-order valence-corrected chi connectivity index (χ2v) is 7.24. The Kier molecular flexibility index (Phi) is 4.06. The number of carboxylic acids is 1. The fourth-order valence-corrected chi connectivity index (χ4v) is 4.09. The minimum atomic E-state index is -0.966. The molecule has 1 N–H and O–H groups in total. The number of nitrogens with zero attached hydrogens (tertiary/aromatic N) is 1. The van der Waals surface area contributed by atoms with Gasteiger partial charge in [-0.1, -0.05) is 24.3 Å². The van der Waals surface area contributed by atoms with Crippen LogP contribution in [0.3, 0.4) is 0 Å². The summed E-state index contributed by atoms with van der Waals surface area (Å²) < 4.78 is 15.6. The molecular formula is C25H18FNO2. The normalized spacial score (nSPS) is 12.9. The zero-order valence-corrected chi connectivity index (χ0v) is 15.6. The number of aromatic carboxylic acids is 1. The van der Waals surface area contributed by atoms with E-state index >= 15 is 0 Å². The van der Waals surface area contributed by atoms with Gasteiger partial charge < -0.3 is 9.67 Å². The summed E-state index contributed by atoms with van der Waals surface area (Å²) in [5.41, 5.74) is 6.27. The van der Waals surface area contributed by atoms with Gasteiger partial charge in [0.15, 0.2) is 0 Å². The van der Waals surface area contributed by atoms with E-state index in [1.165, 1.54) is 23.3 Å². The van der Waals surface area contributed by atoms with Gasteiger partial charge in [0.2, 0.25) is 0 Å². The number of benzene rings is 3. The van der Waals surface area contributed by atoms with E-state index in [0.717, 1.165) is 40.7 Å². The number of allylic oxidation sites excluding steroid dienone is 1. The quantitative estimate of drug-likeness (QED) is 0.465. The van der Waals surface area contributed by atoms with Gasteiger partial charge in [-0.15, -0.1) is 0 Å². The number of hydrogen-bond donors (Lipinski definition) is 1. The van der Waals surface area contributed by atoms with Gasteiger partial charge in [0.25, 0.3) is 0 Å². The standard InChI is InChI=1S/C25H18FNO2/c26-19-11-8-17(9-12-19)24-15-22-21-7-2-1-4-16(21)10-13-23(22)27(24)20-6-3-5-18(14-20)25(28)29/h2-3,5-15H,1,4H2,(H,28,29). The molecule has 142 valence electrons. The van der Waals surface area contributed by atoms with Crippen molar-refractivity contribution in [3.8, 4) is 16.9 Å². The largest absolute Gasteiger partial charge is 0.478 e. The number of carboxylic acid groups (broad SMARTS) is 1. The van der Waals surface area contributed by atoms with E-state index < -0.39 is 5.97 Å². The summed E-state index contributed by atoms with van der Waals surface area (Å²) in [6.45, 7) is 0. The van der Waals surface area contributed by atoms with Crippen LogP contribution in [0.2, 0.25) is 0 Å². The van der Waals surface area contributed by atoms with Crippen LogP contribution in [0.15, 0.2) is 72.8 Å². The van der Waals surface area contributed by atoms with Crippen LogP contribution in [0.25, 0.3) is 33.9 Å². The third-order valence-electron chi connectivity index (χ3n) is 5.47. The lowest BCUT2D eigenvalue weighted by molar-refractivity contribution is 0.0697. The van der Waals surface area contributed by atoms with E-state index in [4.69, 9.17) is 0 Å². The van der Waals surface area contributed by atoms with Crippen LogP contribution >= 0.6 is 0 Å². The van der Waals surface area contributed by atoms with Crippen LogP contribution < -0.4 is 0 Å². The predicted molar refractivity (Wildman–Crippen MR) is 113 cm³/mol. The maximum absolute atomic E-state index is 13.5. The van der Waals surface area contributed by atoms with Gasteiger partial charge >= 0.3 is 5.97 Å². The Morgan fingerprint density at radius 2 is 1.83 bits per heavy atom. The van der Waals surface area contributed by atoms with Gasteiger partial charge in [0, 0.05) is 11.1 Å². The van der Waals surface area contributed by atoms with E-state index in [2.05, 4.69) is 34.9 Å². The first-order valence-electron chi connectivity index (χ1n) is 9.55. The molecule has 1 aliphatic rings. The Balaban J connectivity index is 1.84. The lowest BCUT2D eigenvalue weighted by Crippen LogP contribution is -2.01. The highest BCUT2D eigenvalue weighted by atomic mass is 19.1. The van der Waals surface area contributed by atoms with Crippen molar-refractivity contribution in [1.29, 1.82) is 0 Å². The number of rotatable bonds is 3. The molecule has 0 spiro atoms. The fraction of sp³-hybridized carbons (Fsp3) is 0.0800. The third kappa shape index (κ3) is 2.93. The first-order valence-corrected chi connectivity index (χ1v) is 9.55. The highest BCUT2D eigenvalue weighted by Crippen LogP contribution is 2.36. The lowest BCUT2D eigenvalue weighted by Gasteiger charge is -2.14. The molecule has 29 heavy (non-hydrogen) atoms. The van der Waals surface area contributed by atoms with Crippen LogP contribution in [-0.2, 0) is 6.42 Å². The summed E-state index contributed by atoms with van der Waals surface area (Å²) >= 11 is 0. The molecule has 0 aliphatic heterocycles. The SMILES string of the molecule is O=C(O)c1cccc(-n2c(-c3ccc(F)cc3)cc3c4c(ccc32)CCC=C4)c1. The van der Waals surface area contributed by atoms with E-state index in [9.17, 15) is 14.3 Å². The van der Waals surface area contributed by atoms with E-state index in [1.807, 2.05) is 6.07 Å². The maximum atomic E-state index is 13.5. The molecule has 1 aliphatic carbocycles. The highest BCUT2D eigenvalue weighted by molar-refractivity contribution is 5.97. The number of aromatic nitrogens is 1. The Hall–Kier alpha value is -3.66. The zero-order chi connectivity index (χ0) is 20.0. The maximum Gasteiger partial charge on any atom is 0.335 e. The van der Waals surface area contributed by atoms with E-state index in [0.29, 0.717) is 0 Å². The molecular weight excluding hydrogens is 365 g/mol. The predicted octanol–water partition coefficient (Wildman–Crippen LogP) is 6.09. The minimum absolute atomic E-state index is 0.229. The Labute approximate surface area is 167 Å². The van der Waals surface area contributed by atoms with Crippen molar-refractivity contribution in [2.24, 2.45) is 0 Å². The average molecular weight is 383 g/mol. The summed E-state index contributed by atoms with van der Waals surface area (Å²) in [5, 5.41) is 10.5. The molecule has 0 fully saturated rings. The molecule has 0 saturated carbocycles. The molecule has 0 radical (unpaired) electrons. The number of halogens is 1. The Bertz CT molecular complexity index is 1280. The van der Waals surface area contributed by atoms with Gasteiger partial charge in [-0.05, 0) is 84.1 Å². The number of carbonyl (C=O) groups is 1. The van der Waals surface area contributed by atoms with Gasteiger partial charge in [-0.2, -0.15) is 0 Å². The summed E-state index contributed by atoms with van der Waals surface area (Å²) in [4.78, 5) is 11.5. The Morgan fingerprint density at radius 1 is 1.00 bits per heavy atom. The monoisotopic (exact) mass is 383 g/mol. The van der Waals surface area contributed by atoms with Gasteiger partial charge in [-0.3, -0.25) is 0 Å². The molecule has 0 unspecified atom stereocenters. The van der Waals surface area contributed by atoms with Crippen molar-refractivity contribution in [2.45, 2.75) is 12.8 Å². The van der Waals surface area contributed by atoms with Crippen LogP contribution in [-0.4, -0.2) is 15.6 Å². The first-order chi connectivity index (χ1) is 14.1. The molecule has 1 heterocycles. The van der Waals surface area contributed by atoms with Crippen molar-refractivity contribution >= 4 is 22.9 Å². The van der Waals surface area contributed by atoms with Crippen LogP contribution in [0, 0.1) is 5.82 Å². The molecule has 3 aromatic carbocycles. The third-order valence-corrected chi connectivity index (χ3v) is 5.47. The molecule has 3 nitrogen and oxygen atoms in total. The van der Waals surface area contributed by atoms with Crippen LogP contribution in [0.5, 0.6) is 0 Å². The van der Waals surface area contributed by atoms with Crippen molar-refractivity contribution < 1.29 is 14.3 Å². The van der Waals surface area contributed by atoms with Gasteiger partial charge in [0.05, 0.1) is 16.8 Å². The average Bonchev–Trinajstić information content (AvgIpc) is 3.14. The second-order valence-electron chi connectivity index (χ2n) is 7.24. The summed E-state index contributed by atoms with van der Waals surface area (Å²) in [5.74, 6) is -1.25. The molecule has 0 saturated heterocycles. The molecule has 0 amide bonds. The van der Waals surface area contributed by atoms with Crippen molar-refractivity contribution in [2.75, 3.05) is 0 Å². The minimum Gasteiger partial charge on any atom is -0.478 e. The smallest absolute Gasteiger partial charge is 0.335 e. The van der Waals surface area contributed by atoms with Crippen LogP contribution in [0.4, 0.5) is 4.39 Å². The lowest BCUT2D eigenvalue weighted by atomic mass is 9.94. The highest BCUT2D eigenvalue weighted by Gasteiger charge is 2.18. The fourth-order valence-electron chi connectivity index (χ4n) is 4.09. The van der Waals surface area contributed by atoms with E-state index in [-0.39, 0.29) is 11.4 Å². The second kappa shape index (κ2) is 6.74.